The first-order chi connectivity index (χ1) is 10.1. The van der Waals surface area contributed by atoms with Crippen molar-refractivity contribution in [2.75, 3.05) is 14.2 Å². The van der Waals surface area contributed by atoms with E-state index in [4.69, 9.17) is 9.47 Å². The summed E-state index contributed by atoms with van der Waals surface area (Å²) in [5, 5.41) is 20.7. The fourth-order valence-corrected chi connectivity index (χ4v) is 2.73. The maximum Gasteiger partial charge on any atom is 0.127 e. The van der Waals surface area contributed by atoms with Gasteiger partial charge in [-0.1, -0.05) is 24.8 Å². The van der Waals surface area contributed by atoms with E-state index in [9.17, 15) is 10.2 Å². The lowest BCUT2D eigenvalue weighted by Gasteiger charge is -2.33. The molecule has 0 spiro atoms. The second-order valence-corrected chi connectivity index (χ2v) is 4.71. The molecule has 2 rings (SSSR count). The maximum absolute atomic E-state index is 10.4. The zero-order chi connectivity index (χ0) is 15.6. The highest BCUT2D eigenvalue weighted by Gasteiger charge is 2.36. The van der Waals surface area contributed by atoms with E-state index in [0.29, 0.717) is 28.2 Å². The van der Waals surface area contributed by atoms with Gasteiger partial charge in [-0.15, -0.1) is 0 Å². The van der Waals surface area contributed by atoms with E-state index in [1.54, 1.807) is 38.5 Å². The lowest BCUT2D eigenvalue weighted by Crippen LogP contribution is -2.28. The number of hydrogen-bond donors (Lipinski definition) is 2. The first-order valence-corrected chi connectivity index (χ1v) is 6.71. The van der Waals surface area contributed by atoms with Gasteiger partial charge in [-0.2, -0.15) is 0 Å². The molecule has 4 nitrogen and oxygen atoms in total. The Kier molecular flexibility index (Phi) is 4.50. The summed E-state index contributed by atoms with van der Waals surface area (Å²) in [5.41, 5.74) is 2.62. The molecule has 0 bridgehead atoms. The van der Waals surface area contributed by atoms with Gasteiger partial charge in [0.05, 0.1) is 14.2 Å². The summed E-state index contributed by atoms with van der Waals surface area (Å²) in [6.07, 6.45) is 1.32. The van der Waals surface area contributed by atoms with Gasteiger partial charge in [0.1, 0.15) is 23.7 Å². The summed E-state index contributed by atoms with van der Waals surface area (Å²) in [6, 6.07) is 5.37. The first-order valence-electron chi connectivity index (χ1n) is 6.71. The van der Waals surface area contributed by atoms with E-state index >= 15 is 0 Å². The van der Waals surface area contributed by atoms with Crippen LogP contribution in [0.3, 0.4) is 0 Å². The van der Waals surface area contributed by atoms with E-state index < -0.39 is 12.2 Å². The molecule has 2 atom stereocenters. The van der Waals surface area contributed by atoms with Gasteiger partial charge in [-0.25, -0.2) is 0 Å². The topological polar surface area (TPSA) is 58.9 Å². The van der Waals surface area contributed by atoms with Crippen molar-refractivity contribution >= 4 is 5.57 Å². The van der Waals surface area contributed by atoms with E-state index in [2.05, 4.69) is 6.58 Å². The lowest BCUT2D eigenvalue weighted by molar-refractivity contribution is 0.0406. The van der Waals surface area contributed by atoms with E-state index in [-0.39, 0.29) is 0 Å². The second-order valence-electron chi connectivity index (χ2n) is 4.71. The Labute approximate surface area is 124 Å². The van der Waals surface area contributed by atoms with Crippen LogP contribution in [0.1, 0.15) is 24.2 Å². The Morgan fingerprint density at radius 2 is 1.95 bits per heavy atom. The van der Waals surface area contributed by atoms with Crippen LogP contribution in [-0.2, 0) is 4.74 Å². The summed E-state index contributed by atoms with van der Waals surface area (Å²) in [5.74, 6) is 1.14. The quantitative estimate of drug-likeness (QED) is 0.839. The number of fused-ring (bicyclic) bond motifs is 1. The van der Waals surface area contributed by atoms with Crippen molar-refractivity contribution in [2.45, 2.75) is 19.1 Å². The third-order valence-corrected chi connectivity index (χ3v) is 3.72. The van der Waals surface area contributed by atoms with Crippen molar-refractivity contribution in [1.29, 1.82) is 0 Å². The third kappa shape index (κ3) is 2.37. The minimum atomic E-state index is -1.02. The lowest BCUT2D eigenvalue weighted by atomic mass is 9.78. The van der Waals surface area contributed by atoms with Crippen LogP contribution in [0.2, 0.25) is 0 Å². The van der Waals surface area contributed by atoms with Crippen molar-refractivity contribution in [2.24, 2.45) is 0 Å². The van der Waals surface area contributed by atoms with Crippen LogP contribution in [0, 0.1) is 0 Å². The standard InChI is InChI=1S/C17H20O4/c1-5-10-14(12(6-2)20-3)15-11(17(19)16(10)18)8-7-9-13(15)21-4/h5-9,16-19H,2H2,1,3-4H3/b10-5+,14-12-. The van der Waals surface area contributed by atoms with Crippen LogP contribution in [0.5, 0.6) is 5.75 Å². The second kappa shape index (κ2) is 6.16. The zero-order valence-electron chi connectivity index (χ0n) is 12.5. The number of methoxy groups -OCH3 is 2. The average molecular weight is 288 g/mol. The Morgan fingerprint density at radius 3 is 2.48 bits per heavy atom. The minimum Gasteiger partial charge on any atom is -0.496 e. The fraction of sp³-hybridized carbons (Fsp3) is 0.294. The predicted octanol–water partition coefficient (Wildman–Crippen LogP) is 2.59. The molecule has 0 radical (unpaired) electrons. The zero-order valence-corrected chi connectivity index (χ0v) is 12.5. The molecule has 1 aliphatic carbocycles. The van der Waals surface area contributed by atoms with Gasteiger partial charge in [0, 0.05) is 11.1 Å². The van der Waals surface area contributed by atoms with Crippen molar-refractivity contribution in [3.8, 4) is 5.75 Å². The smallest absolute Gasteiger partial charge is 0.127 e. The van der Waals surface area contributed by atoms with Crippen LogP contribution in [-0.4, -0.2) is 30.5 Å². The molecule has 1 aliphatic rings. The van der Waals surface area contributed by atoms with E-state index in [0.717, 1.165) is 5.56 Å². The van der Waals surface area contributed by atoms with Crippen molar-refractivity contribution in [3.05, 3.63) is 59.4 Å². The normalized spacial score (nSPS) is 25.3. The molecule has 1 aromatic carbocycles. The highest BCUT2D eigenvalue weighted by atomic mass is 16.5. The molecule has 112 valence electrons. The fourth-order valence-electron chi connectivity index (χ4n) is 2.73. The molecular formula is C17H20O4. The molecule has 0 heterocycles. The molecule has 0 amide bonds. The predicted molar refractivity (Wildman–Crippen MR) is 81.8 cm³/mol. The number of ether oxygens (including phenoxy) is 2. The molecule has 0 saturated heterocycles. The monoisotopic (exact) mass is 288 g/mol. The molecule has 2 N–H and O–H groups in total. The van der Waals surface area contributed by atoms with Crippen LogP contribution in [0.4, 0.5) is 0 Å². The molecule has 21 heavy (non-hydrogen) atoms. The van der Waals surface area contributed by atoms with Gasteiger partial charge in [-0.3, -0.25) is 0 Å². The Bertz CT molecular complexity index is 613. The molecule has 0 aromatic heterocycles. The van der Waals surface area contributed by atoms with Gasteiger partial charge < -0.3 is 19.7 Å². The van der Waals surface area contributed by atoms with Crippen LogP contribution in [0.25, 0.3) is 5.57 Å². The summed E-state index contributed by atoms with van der Waals surface area (Å²) in [6.45, 7) is 5.56. The molecule has 4 heteroatoms. The Morgan fingerprint density at radius 1 is 1.24 bits per heavy atom. The number of aliphatic hydroxyl groups excluding tert-OH is 2. The molecule has 2 unspecified atom stereocenters. The van der Waals surface area contributed by atoms with E-state index in [1.165, 1.54) is 0 Å². The summed E-state index contributed by atoms with van der Waals surface area (Å²) >= 11 is 0. The summed E-state index contributed by atoms with van der Waals surface area (Å²) in [4.78, 5) is 0. The Hall–Kier alpha value is -2.04. The van der Waals surface area contributed by atoms with E-state index in [1.807, 2.05) is 13.0 Å². The van der Waals surface area contributed by atoms with Gasteiger partial charge in [-0.05, 0) is 30.2 Å². The molecule has 0 fully saturated rings. The number of rotatable bonds is 3. The van der Waals surface area contributed by atoms with Crippen LogP contribution >= 0.6 is 0 Å². The average Bonchev–Trinajstić information content (AvgIpc) is 2.52. The molecule has 0 aliphatic heterocycles. The largest absolute Gasteiger partial charge is 0.496 e. The highest BCUT2D eigenvalue weighted by molar-refractivity contribution is 5.89. The minimum absolute atomic E-state index is 0.528. The highest BCUT2D eigenvalue weighted by Crippen LogP contribution is 2.46. The number of aliphatic hydroxyl groups is 2. The van der Waals surface area contributed by atoms with Gasteiger partial charge in [0.25, 0.3) is 0 Å². The summed E-state index contributed by atoms with van der Waals surface area (Å²) in [7, 11) is 3.12. The van der Waals surface area contributed by atoms with Crippen molar-refractivity contribution in [3.63, 3.8) is 0 Å². The molecule has 1 aromatic rings. The van der Waals surface area contributed by atoms with Crippen molar-refractivity contribution in [1.82, 2.24) is 0 Å². The maximum atomic E-state index is 10.4. The number of hydrogen-bond acceptors (Lipinski definition) is 4. The van der Waals surface area contributed by atoms with Crippen molar-refractivity contribution < 1.29 is 19.7 Å². The molecular weight excluding hydrogens is 268 g/mol. The van der Waals surface area contributed by atoms with Gasteiger partial charge >= 0.3 is 0 Å². The first kappa shape index (κ1) is 15.4. The van der Waals surface area contributed by atoms with Crippen LogP contribution < -0.4 is 4.74 Å². The van der Waals surface area contributed by atoms with Crippen LogP contribution in [0.15, 0.2) is 48.3 Å². The SMILES string of the molecule is C=C/C(OC)=C1\C(=C/C)C(O)C(O)c2cccc(OC)c21. The van der Waals surface area contributed by atoms with Gasteiger partial charge in [0.15, 0.2) is 0 Å². The molecule has 0 saturated carbocycles. The number of allylic oxidation sites excluding steroid dienone is 2. The third-order valence-electron chi connectivity index (χ3n) is 3.72. The van der Waals surface area contributed by atoms with Gasteiger partial charge in [0.2, 0.25) is 0 Å². The summed E-state index contributed by atoms with van der Waals surface area (Å²) < 4.78 is 10.8. The number of benzene rings is 1. The Balaban J connectivity index is 2.89.